The molecule has 0 spiro atoms. The van der Waals surface area contributed by atoms with Crippen molar-refractivity contribution in [2.24, 2.45) is 11.8 Å². The van der Waals surface area contributed by atoms with Crippen LogP contribution in [0.2, 0.25) is 0 Å². The van der Waals surface area contributed by atoms with Gasteiger partial charge in [-0.3, -0.25) is 9.69 Å². The summed E-state index contributed by atoms with van der Waals surface area (Å²) in [6, 6.07) is 3.80. The smallest absolute Gasteiger partial charge is 0.223 e. The van der Waals surface area contributed by atoms with E-state index in [-0.39, 0.29) is 30.4 Å². The number of halogens is 2. The van der Waals surface area contributed by atoms with Crippen LogP contribution in [0.3, 0.4) is 0 Å². The standard InChI is InChI=1S/C17H22F2N2O2/c18-14-5-4-11(6-15(14)19)7-21-8-13(10-22)16(9-21)20-17(23)12-2-1-3-12/h4-6,12-13,16,22H,1-3,7-10H2,(H,20,23)/t13-,16+/m0/s1. The van der Waals surface area contributed by atoms with E-state index < -0.39 is 11.6 Å². The predicted octanol–water partition coefficient (Wildman–Crippen LogP) is 1.67. The first kappa shape index (κ1) is 16.3. The minimum Gasteiger partial charge on any atom is -0.396 e. The molecule has 2 atom stereocenters. The van der Waals surface area contributed by atoms with E-state index in [0.29, 0.717) is 25.2 Å². The molecule has 2 aliphatic rings. The van der Waals surface area contributed by atoms with Crippen molar-refractivity contribution in [3.05, 3.63) is 35.4 Å². The summed E-state index contributed by atoms with van der Waals surface area (Å²) >= 11 is 0. The predicted molar refractivity (Wildman–Crippen MR) is 81.5 cm³/mol. The third-order valence-corrected chi connectivity index (χ3v) is 4.94. The average Bonchev–Trinajstić information content (AvgIpc) is 2.82. The van der Waals surface area contributed by atoms with Crippen LogP contribution in [0.25, 0.3) is 0 Å². The van der Waals surface area contributed by atoms with E-state index in [4.69, 9.17) is 0 Å². The molecule has 1 aromatic rings. The van der Waals surface area contributed by atoms with Gasteiger partial charge in [0.2, 0.25) is 5.91 Å². The zero-order valence-electron chi connectivity index (χ0n) is 13.0. The number of carbonyl (C=O) groups excluding carboxylic acids is 1. The van der Waals surface area contributed by atoms with Crippen LogP contribution in [-0.4, -0.2) is 41.7 Å². The third kappa shape index (κ3) is 3.70. The Kier molecular flexibility index (Phi) is 4.92. The molecule has 2 N–H and O–H groups in total. The minimum absolute atomic E-state index is 0.00386. The minimum atomic E-state index is -0.853. The second kappa shape index (κ2) is 6.93. The topological polar surface area (TPSA) is 52.6 Å². The molecule has 1 amide bonds. The van der Waals surface area contributed by atoms with E-state index in [1.807, 2.05) is 0 Å². The molecule has 126 valence electrons. The first-order chi connectivity index (χ1) is 11.1. The van der Waals surface area contributed by atoms with Gasteiger partial charge in [-0.25, -0.2) is 8.78 Å². The third-order valence-electron chi connectivity index (χ3n) is 4.94. The molecule has 1 aliphatic heterocycles. The Balaban J connectivity index is 1.59. The highest BCUT2D eigenvalue weighted by Crippen LogP contribution is 2.27. The van der Waals surface area contributed by atoms with Crippen molar-refractivity contribution in [3.8, 4) is 0 Å². The molecule has 1 heterocycles. The number of likely N-dealkylation sites (tertiary alicyclic amines) is 1. The number of nitrogens with zero attached hydrogens (tertiary/aromatic N) is 1. The number of hydrogen-bond acceptors (Lipinski definition) is 3. The molecular formula is C17H22F2N2O2. The number of aliphatic hydroxyl groups excluding tert-OH is 1. The fourth-order valence-corrected chi connectivity index (χ4v) is 3.31. The molecular weight excluding hydrogens is 302 g/mol. The van der Waals surface area contributed by atoms with Crippen LogP contribution in [0.4, 0.5) is 8.78 Å². The number of nitrogens with one attached hydrogen (secondary N) is 1. The van der Waals surface area contributed by atoms with Crippen molar-refractivity contribution in [2.45, 2.75) is 31.8 Å². The molecule has 4 nitrogen and oxygen atoms in total. The summed E-state index contributed by atoms with van der Waals surface area (Å²) in [5.74, 6) is -1.53. The van der Waals surface area contributed by atoms with Crippen molar-refractivity contribution in [3.63, 3.8) is 0 Å². The summed E-state index contributed by atoms with van der Waals surface area (Å²) in [6.07, 6.45) is 3.00. The fourth-order valence-electron chi connectivity index (χ4n) is 3.31. The van der Waals surface area contributed by atoms with Gasteiger partial charge in [0.15, 0.2) is 11.6 Å². The first-order valence-corrected chi connectivity index (χ1v) is 8.14. The summed E-state index contributed by atoms with van der Waals surface area (Å²) in [5.41, 5.74) is 0.687. The van der Waals surface area contributed by atoms with Crippen LogP contribution >= 0.6 is 0 Å². The molecule has 0 bridgehead atoms. The van der Waals surface area contributed by atoms with E-state index >= 15 is 0 Å². The van der Waals surface area contributed by atoms with Gasteiger partial charge in [-0.15, -0.1) is 0 Å². The highest BCUT2D eigenvalue weighted by Gasteiger charge is 2.35. The van der Waals surface area contributed by atoms with Crippen molar-refractivity contribution in [1.29, 1.82) is 0 Å². The summed E-state index contributed by atoms with van der Waals surface area (Å²) < 4.78 is 26.3. The number of benzene rings is 1. The quantitative estimate of drug-likeness (QED) is 0.866. The van der Waals surface area contributed by atoms with E-state index in [1.54, 1.807) is 6.07 Å². The van der Waals surface area contributed by atoms with Crippen LogP contribution < -0.4 is 5.32 Å². The largest absolute Gasteiger partial charge is 0.396 e. The number of aliphatic hydroxyl groups is 1. The van der Waals surface area contributed by atoms with Gasteiger partial charge < -0.3 is 10.4 Å². The lowest BCUT2D eigenvalue weighted by Crippen LogP contribution is -2.45. The van der Waals surface area contributed by atoms with Crippen molar-refractivity contribution < 1.29 is 18.7 Å². The Morgan fingerprint density at radius 1 is 1.26 bits per heavy atom. The number of carbonyl (C=O) groups is 1. The number of hydrogen-bond donors (Lipinski definition) is 2. The summed E-state index contributed by atoms with van der Waals surface area (Å²) in [7, 11) is 0. The van der Waals surface area contributed by atoms with Crippen LogP contribution in [0.1, 0.15) is 24.8 Å². The van der Waals surface area contributed by atoms with Gasteiger partial charge in [-0.2, -0.15) is 0 Å². The Hall–Kier alpha value is -1.53. The van der Waals surface area contributed by atoms with Crippen molar-refractivity contribution in [2.75, 3.05) is 19.7 Å². The normalized spacial score (nSPS) is 25.3. The van der Waals surface area contributed by atoms with Gasteiger partial charge in [-0.1, -0.05) is 12.5 Å². The van der Waals surface area contributed by atoms with Crippen LogP contribution in [0.15, 0.2) is 18.2 Å². The molecule has 3 rings (SSSR count). The van der Waals surface area contributed by atoms with Gasteiger partial charge in [0.1, 0.15) is 0 Å². The lowest BCUT2D eigenvalue weighted by molar-refractivity contribution is -0.128. The van der Waals surface area contributed by atoms with E-state index in [9.17, 15) is 18.7 Å². The molecule has 2 fully saturated rings. The Labute approximate surface area is 134 Å². The number of rotatable bonds is 5. The summed E-state index contributed by atoms with van der Waals surface area (Å²) in [4.78, 5) is 14.1. The monoisotopic (exact) mass is 324 g/mol. The van der Waals surface area contributed by atoms with Gasteiger partial charge in [-0.05, 0) is 30.5 Å². The van der Waals surface area contributed by atoms with Crippen LogP contribution in [-0.2, 0) is 11.3 Å². The zero-order chi connectivity index (χ0) is 16.4. The molecule has 1 saturated carbocycles. The van der Waals surface area contributed by atoms with Gasteiger partial charge in [0.25, 0.3) is 0 Å². The maximum absolute atomic E-state index is 13.3. The Morgan fingerprint density at radius 2 is 2.04 bits per heavy atom. The molecule has 6 heteroatoms. The lowest BCUT2D eigenvalue weighted by Gasteiger charge is -2.27. The molecule has 1 aromatic carbocycles. The average molecular weight is 324 g/mol. The first-order valence-electron chi connectivity index (χ1n) is 8.14. The van der Waals surface area contributed by atoms with Crippen molar-refractivity contribution in [1.82, 2.24) is 10.2 Å². The Bertz CT molecular complexity index is 578. The highest BCUT2D eigenvalue weighted by molar-refractivity contribution is 5.79. The fraction of sp³-hybridized carbons (Fsp3) is 0.588. The Morgan fingerprint density at radius 3 is 2.65 bits per heavy atom. The molecule has 0 unspecified atom stereocenters. The summed E-state index contributed by atoms with van der Waals surface area (Å²) in [5, 5.41) is 12.6. The van der Waals surface area contributed by atoms with Crippen molar-refractivity contribution >= 4 is 5.91 Å². The second-order valence-electron chi connectivity index (χ2n) is 6.63. The van der Waals surface area contributed by atoms with Gasteiger partial charge >= 0.3 is 0 Å². The molecule has 0 radical (unpaired) electrons. The van der Waals surface area contributed by atoms with Gasteiger partial charge in [0, 0.05) is 44.1 Å². The maximum Gasteiger partial charge on any atom is 0.223 e. The summed E-state index contributed by atoms with van der Waals surface area (Å²) in [6.45, 7) is 1.72. The van der Waals surface area contributed by atoms with Crippen LogP contribution in [0.5, 0.6) is 0 Å². The molecule has 1 saturated heterocycles. The SMILES string of the molecule is O=C(N[C@@H]1CN(Cc2ccc(F)c(F)c2)C[C@H]1CO)C1CCC1. The molecule has 23 heavy (non-hydrogen) atoms. The second-order valence-corrected chi connectivity index (χ2v) is 6.63. The molecule has 0 aromatic heterocycles. The maximum atomic E-state index is 13.3. The number of amides is 1. The highest BCUT2D eigenvalue weighted by atomic mass is 19.2. The zero-order valence-corrected chi connectivity index (χ0v) is 13.0. The lowest BCUT2D eigenvalue weighted by atomic mass is 9.84. The van der Waals surface area contributed by atoms with E-state index in [0.717, 1.165) is 25.3 Å². The van der Waals surface area contributed by atoms with Gasteiger partial charge in [0.05, 0.1) is 0 Å². The van der Waals surface area contributed by atoms with E-state index in [2.05, 4.69) is 10.2 Å². The van der Waals surface area contributed by atoms with E-state index in [1.165, 1.54) is 6.07 Å². The van der Waals surface area contributed by atoms with Crippen LogP contribution in [0, 0.1) is 23.5 Å². The molecule has 1 aliphatic carbocycles.